The monoisotopic (exact) mass is 237 g/mol. The van der Waals surface area contributed by atoms with Gasteiger partial charge in [-0.3, -0.25) is 4.79 Å². The summed E-state index contributed by atoms with van der Waals surface area (Å²) in [7, 11) is 0. The lowest BCUT2D eigenvalue weighted by atomic mass is 10.0. The summed E-state index contributed by atoms with van der Waals surface area (Å²) in [5.74, 6) is 0.751. The number of aliphatic hydroxyl groups is 1. The molecule has 0 atom stereocenters. The first-order valence-electron chi connectivity index (χ1n) is 5.71. The molecule has 0 unspecified atom stereocenters. The Balaban J connectivity index is 2.69. The van der Waals surface area contributed by atoms with Crippen LogP contribution in [-0.4, -0.2) is 30.8 Å². The molecule has 0 bridgehead atoms. The average Bonchev–Trinajstić information content (AvgIpc) is 2.29. The predicted octanol–water partition coefficient (Wildman–Crippen LogP) is 1.04. The molecule has 17 heavy (non-hydrogen) atoms. The van der Waals surface area contributed by atoms with E-state index >= 15 is 0 Å². The minimum atomic E-state index is -0.0311. The fourth-order valence-electron chi connectivity index (χ4n) is 1.65. The second-order valence-corrected chi connectivity index (χ2v) is 3.86. The third-order valence-corrected chi connectivity index (χ3v) is 2.47. The molecule has 1 aromatic rings. The highest BCUT2D eigenvalue weighted by atomic mass is 16.5. The second kappa shape index (κ2) is 6.91. The molecule has 94 valence electrons. The van der Waals surface area contributed by atoms with Gasteiger partial charge in [-0.15, -0.1) is 0 Å². The zero-order valence-corrected chi connectivity index (χ0v) is 10.3. The Hall–Kier alpha value is -1.55. The maximum Gasteiger partial charge on any atom is 0.216 e. The van der Waals surface area contributed by atoms with Gasteiger partial charge in [-0.25, -0.2) is 0 Å². The predicted molar refractivity (Wildman–Crippen MR) is 66.1 cm³/mol. The molecular formula is C13H19NO3. The maximum atomic E-state index is 10.8. The SMILES string of the molecule is CC(=O)NCCc1c(C)cccc1OCCO. The molecule has 1 amide bonds. The normalized spacial score (nSPS) is 10.1. The van der Waals surface area contributed by atoms with Gasteiger partial charge in [0.15, 0.2) is 0 Å². The van der Waals surface area contributed by atoms with Gasteiger partial charge in [-0.2, -0.15) is 0 Å². The van der Waals surface area contributed by atoms with E-state index in [9.17, 15) is 4.79 Å². The highest BCUT2D eigenvalue weighted by Gasteiger charge is 2.06. The fourth-order valence-corrected chi connectivity index (χ4v) is 1.65. The van der Waals surface area contributed by atoms with E-state index in [1.807, 2.05) is 25.1 Å². The van der Waals surface area contributed by atoms with Gasteiger partial charge in [-0.1, -0.05) is 12.1 Å². The quantitative estimate of drug-likeness (QED) is 0.777. The number of benzene rings is 1. The molecular weight excluding hydrogens is 218 g/mol. The molecule has 0 aromatic heterocycles. The standard InChI is InChI=1S/C13H19NO3/c1-10-4-3-5-13(17-9-8-15)12(10)6-7-14-11(2)16/h3-5,15H,6-9H2,1-2H3,(H,14,16). The zero-order valence-electron chi connectivity index (χ0n) is 10.3. The second-order valence-electron chi connectivity index (χ2n) is 3.86. The van der Waals surface area contributed by atoms with E-state index in [1.165, 1.54) is 6.92 Å². The van der Waals surface area contributed by atoms with Gasteiger partial charge in [0.2, 0.25) is 5.91 Å². The number of aliphatic hydroxyl groups excluding tert-OH is 1. The van der Waals surface area contributed by atoms with Crippen LogP contribution in [-0.2, 0) is 11.2 Å². The van der Waals surface area contributed by atoms with Crippen molar-refractivity contribution in [2.45, 2.75) is 20.3 Å². The molecule has 1 rings (SSSR count). The van der Waals surface area contributed by atoms with Crippen molar-refractivity contribution in [1.82, 2.24) is 5.32 Å². The van der Waals surface area contributed by atoms with Crippen molar-refractivity contribution < 1.29 is 14.6 Å². The van der Waals surface area contributed by atoms with Crippen molar-refractivity contribution >= 4 is 5.91 Å². The molecule has 0 heterocycles. The number of ether oxygens (including phenoxy) is 1. The summed E-state index contributed by atoms with van der Waals surface area (Å²) < 4.78 is 5.46. The molecule has 0 radical (unpaired) electrons. The van der Waals surface area contributed by atoms with Crippen LogP contribution in [0.3, 0.4) is 0 Å². The van der Waals surface area contributed by atoms with Crippen LogP contribution in [0, 0.1) is 6.92 Å². The van der Waals surface area contributed by atoms with Crippen molar-refractivity contribution in [2.24, 2.45) is 0 Å². The third-order valence-electron chi connectivity index (χ3n) is 2.47. The van der Waals surface area contributed by atoms with Crippen molar-refractivity contribution in [3.8, 4) is 5.75 Å². The van der Waals surface area contributed by atoms with E-state index in [0.29, 0.717) is 6.54 Å². The lowest BCUT2D eigenvalue weighted by Crippen LogP contribution is -2.22. The summed E-state index contributed by atoms with van der Waals surface area (Å²) in [6.07, 6.45) is 0.729. The Morgan fingerprint density at radius 3 is 2.88 bits per heavy atom. The van der Waals surface area contributed by atoms with E-state index in [0.717, 1.165) is 23.3 Å². The number of rotatable bonds is 6. The van der Waals surface area contributed by atoms with Crippen molar-refractivity contribution in [3.63, 3.8) is 0 Å². The summed E-state index contributed by atoms with van der Waals surface area (Å²) in [6, 6.07) is 5.81. The van der Waals surface area contributed by atoms with Gasteiger partial charge in [0.1, 0.15) is 12.4 Å². The van der Waals surface area contributed by atoms with Gasteiger partial charge in [-0.05, 0) is 30.5 Å². The summed E-state index contributed by atoms with van der Waals surface area (Å²) in [4.78, 5) is 10.8. The topological polar surface area (TPSA) is 58.6 Å². The van der Waals surface area contributed by atoms with Gasteiger partial charge in [0.25, 0.3) is 0 Å². The maximum absolute atomic E-state index is 10.8. The first kappa shape index (κ1) is 13.5. The Labute approximate surface area is 102 Å². The Morgan fingerprint density at radius 1 is 1.47 bits per heavy atom. The molecule has 0 saturated carbocycles. The Kier molecular flexibility index (Phi) is 5.49. The Bertz CT molecular complexity index is 377. The van der Waals surface area contributed by atoms with Gasteiger partial charge in [0, 0.05) is 13.5 Å². The van der Waals surface area contributed by atoms with Gasteiger partial charge in [0.05, 0.1) is 6.61 Å². The van der Waals surface area contributed by atoms with Crippen LogP contribution in [0.2, 0.25) is 0 Å². The first-order chi connectivity index (χ1) is 8.15. The number of amides is 1. The molecule has 0 aliphatic heterocycles. The highest BCUT2D eigenvalue weighted by Crippen LogP contribution is 2.22. The number of hydrogen-bond donors (Lipinski definition) is 2. The van der Waals surface area contributed by atoms with E-state index in [2.05, 4.69) is 5.32 Å². The first-order valence-corrected chi connectivity index (χ1v) is 5.71. The lowest BCUT2D eigenvalue weighted by Gasteiger charge is -2.13. The van der Waals surface area contributed by atoms with Crippen LogP contribution < -0.4 is 10.1 Å². The van der Waals surface area contributed by atoms with Crippen LogP contribution in [0.4, 0.5) is 0 Å². The van der Waals surface area contributed by atoms with E-state index in [-0.39, 0.29) is 19.1 Å². The summed E-state index contributed by atoms with van der Waals surface area (Å²) in [5, 5.41) is 11.5. The molecule has 0 spiro atoms. The molecule has 0 fully saturated rings. The highest BCUT2D eigenvalue weighted by molar-refractivity contribution is 5.72. The molecule has 0 aliphatic rings. The van der Waals surface area contributed by atoms with Crippen molar-refractivity contribution in [2.75, 3.05) is 19.8 Å². The molecule has 0 aliphatic carbocycles. The zero-order chi connectivity index (χ0) is 12.7. The minimum Gasteiger partial charge on any atom is -0.491 e. The van der Waals surface area contributed by atoms with E-state index in [1.54, 1.807) is 0 Å². The molecule has 1 aromatic carbocycles. The molecule has 4 heteroatoms. The average molecular weight is 237 g/mol. The van der Waals surface area contributed by atoms with Crippen LogP contribution in [0.15, 0.2) is 18.2 Å². The lowest BCUT2D eigenvalue weighted by molar-refractivity contribution is -0.118. The van der Waals surface area contributed by atoms with Crippen molar-refractivity contribution in [1.29, 1.82) is 0 Å². The van der Waals surface area contributed by atoms with Gasteiger partial charge < -0.3 is 15.2 Å². The fraction of sp³-hybridized carbons (Fsp3) is 0.462. The third kappa shape index (κ3) is 4.44. The van der Waals surface area contributed by atoms with E-state index in [4.69, 9.17) is 9.84 Å². The van der Waals surface area contributed by atoms with Crippen LogP contribution in [0.1, 0.15) is 18.1 Å². The smallest absolute Gasteiger partial charge is 0.216 e. The van der Waals surface area contributed by atoms with E-state index < -0.39 is 0 Å². The van der Waals surface area contributed by atoms with Crippen molar-refractivity contribution in [3.05, 3.63) is 29.3 Å². The summed E-state index contributed by atoms with van der Waals surface area (Å²) in [5.41, 5.74) is 2.21. The summed E-state index contributed by atoms with van der Waals surface area (Å²) >= 11 is 0. The number of hydrogen-bond acceptors (Lipinski definition) is 3. The number of nitrogens with one attached hydrogen (secondary N) is 1. The number of aryl methyl sites for hydroxylation is 1. The van der Waals surface area contributed by atoms with Crippen LogP contribution in [0.5, 0.6) is 5.75 Å². The number of carbonyl (C=O) groups is 1. The van der Waals surface area contributed by atoms with Gasteiger partial charge >= 0.3 is 0 Å². The number of carbonyl (C=O) groups excluding carboxylic acids is 1. The van der Waals surface area contributed by atoms with Crippen LogP contribution >= 0.6 is 0 Å². The minimum absolute atomic E-state index is 0.000915. The summed E-state index contributed by atoms with van der Waals surface area (Å²) in [6.45, 7) is 4.39. The molecule has 2 N–H and O–H groups in total. The largest absolute Gasteiger partial charge is 0.491 e. The molecule has 0 saturated heterocycles. The van der Waals surface area contributed by atoms with Crippen LogP contribution in [0.25, 0.3) is 0 Å². The Morgan fingerprint density at radius 2 is 2.24 bits per heavy atom. The molecule has 4 nitrogen and oxygen atoms in total.